The highest BCUT2D eigenvalue weighted by Crippen LogP contribution is 2.24. The normalized spacial score (nSPS) is 15.4. The molecule has 0 spiro atoms. The fourth-order valence-electron chi connectivity index (χ4n) is 7.81. The molecule has 1 rings (SSSR count). The number of hydrogen-bond acceptors (Lipinski definition) is 13. The molecule has 0 saturated heterocycles. The Bertz CT molecular complexity index is 1960. The molecule has 1 aromatic carbocycles. The number of carboxylic acid groups (broad SMARTS) is 1. The first kappa shape index (κ1) is 61.7. The summed E-state index contributed by atoms with van der Waals surface area (Å²) in [5, 5.41) is 30.6. The standard InChI is InChI=1S/C48H79N11O11/c1-7-27(3)32(43(49)67)23-40(63)35(21-30-14-10-9-11-15-30)58-46(70)33(28(4)8-2)24-41(64)36(25-42(65)66)57-44(68)29(5)20-38(61)37(26-60)59-45(69)31(16-12-18-55-47(50)51)22-39(62)34(54-6)17-13-19-56-48(52)53/h9-11,14-15,27-29,31-37,54,60H,7-8,12-13,16-26H2,1-6H3,(H2,49,67)(H,57,68)(H,58,70)(H,59,69)(H,65,66)(H4,50,51,55)(H4,52,53,56)/t27-,28-,29+,31+,32-,33-,34-,35-,36-,37-/m0/s1. The van der Waals surface area contributed by atoms with Gasteiger partial charge in [0.15, 0.2) is 35.1 Å². The van der Waals surface area contributed by atoms with Gasteiger partial charge < -0.3 is 60.1 Å². The summed E-state index contributed by atoms with van der Waals surface area (Å²) in [5.74, 6) is -11.6. The van der Waals surface area contributed by atoms with Crippen LogP contribution in [0.5, 0.6) is 0 Å². The number of aliphatic hydroxyl groups is 1. The summed E-state index contributed by atoms with van der Waals surface area (Å²) in [7, 11) is 1.59. The number of aliphatic hydroxyl groups excluding tert-OH is 1. The lowest BCUT2D eigenvalue weighted by atomic mass is 9.83. The molecule has 22 nitrogen and oxygen atoms in total. The number of aliphatic carboxylic acids is 1. The molecule has 1 aromatic rings. The van der Waals surface area contributed by atoms with Crippen molar-refractivity contribution >= 4 is 64.7 Å². The summed E-state index contributed by atoms with van der Waals surface area (Å²) in [6.45, 7) is 8.09. The van der Waals surface area contributed by atoms with E-state index in [0.29, 0.717) is 25.7 Å². The minimum absolute atomic E-state index is 0.0788. The molecule has 4 amide bonds. The summed E-state index contributed by atoms with van der Waals surface area (Å²) < 4.78 is 0. The highest BCUT2D eigenvalue weighted by atomic mass is 16.4. The Hall–Kier alpha value is -6.29. The minimum atomic E-state index is -1.63. The molecule has 0 saturated carbocycles. The van der Waals surface area contributed by atoms with Gasteiger partial charge in [-0.15, -0.1) is 0 Å². The van der Waals surface area contributed by atoms with E-state index >= 15 is 0 Å². The van der Waals surface area contributed by atoms with Crippen molar-refractivity contribution in [1.29, 1.82) is 0 Å². The third-order valence-electron chi connectivity index (χ3n) is 12.6. The summed E-state index contributed by atoms with van der Waals surface area (Å²) in [6, 6.07) is 4.01. The van der Waals surface area contributed by atoms with E-state index in [0.717, 1.165) is 5.56 Å². The number of guanidine groups is 2. The predicted octanol–water partition coefficient (Wildman–Crippen LogP) is -0.255. The molecule has 16 N–H and O–H groups in total. The molecule has 22 heteroatoms. The fourth-order valence-corrected chi connectivity index (χ4v) is 7.81. The largest absolute Gasteiger partial charge is 0.481 e. The molecule has 0 aliphatic rings. The van der Waals surface area contributed by atoms with Crippen LogP contribution in [0, 0.1) is 35.5 Å². The van der Waals surface area contributed by atoms with Gasteiger partial charge >= 0.3 is 5.97 Å². The van der Waals surface area contributed by atoms with Crippen LogP contribution >= 0.6 is 0 Å². The van der Waals surface area contributed by atoms with Crippen LogP contribution in [0.25, 0.3) is 0 Å². The molecule has 0 heterocycles. The molecule has 0 fully saturated rings. The van der Waals surface area contributed by atoms with E-state index in [-0.39, 0.29) is 68.8 Å². The first-order chi connectivity index (χ1) is 33.0. The number of ketones is 4. The van der Waals surface area contributed by atoms with Gasteiger partial charge in [0.05, 0.1) is 31.2 Å². The van der Waals surface area contributed by atoms with Gasteiger partial charge in [-0.25, -0.2) is 0 Å². The van der Waals surface area contributed by atoms with Crippen molar-refractivity contribution in [2.24, 2.45) is 74.2 Å². The lowest BCUT2D eigenvalue weighted by Gasteiger charge is -2.28. The zero-order chi connectivity index (χ0) is 53.1. The van der Waals surface area contributed by atoms with Crippen LogP contribution in [0.15, 0.2) is 40.3 Å². The van der Waals surface area contributed by atoms with Crippen molar-refractivity contribution in [2.75, 3.05) is 26.7 Å². The Morgan fingerprint density at radius 2 is 1.07 bits per heavy atom. The zero-order valence-corrected chi connectivity index (χ0v) is 41.6. The molecular weight excluding hydrogens is 907 g/mol. The monoisotopic (exact) mass is 986 g/mol. The highest BCUT2D eigenvalue weighted by Gasteiger charge is 2.36. The molecule has 0 aliphatic carbocycles. The van der Waals surface area contributed by atoms with Crippen molar-refractivity contribution in [3.63, 3.8) is 0 Å². The number of Topliss-reactive ketones (excluding diaryl/α,β-unsaturated/α-hetero) is 4. The number of nitrogens with one attached hydrogen (secondary N) is 4. The van der Waals surface area contributed by atoms with Gasteiger partial charge in [0.2, 0.25) is 23.6 Å². The van der Waals surface area contributed by atoms with E-state index in [9.17, 15) is 53.4 Å². The number of carboxylic acids is 1. The van der Waals surface area contributed by atoms with Crippen LogP contribution in [-0.2, 0) is 49.6 Å². The van der Waals surface area contributed by atoms with Gasteiger partial charge in [-0.3, -0.25) is 53.1 Å². The summed E-state index contributed by atoms with van der Waals surface area (Å²) in [6.07, 6.45) is -0.0900. The highest BCUT2D eigenvalue weighted by molar-refractivity contribution is 5.98. The summed E-state index contributed by atoms with van der Waals surface area (Å²) in [4.78, 5) is 128. The van der Waals surface area contributed by atoms with Crippen LogP contribution in [0.3, 0.4) is 0 Å². The third kappa shape index (κ3) is 22.9. The van der Waals surface area contributed by atoms with Gasteiger partial charge in [-0.05, 0) is 56.6 Å². The van der Waals surface area contributed by atoms with Crippen molar-refractivity contribution in [3.8, 4) is 0 Å². The Morgan fingerprint density at radius 3 is 1.59 bits per heavy atom. The van der Waals surface area contributed by atoms with Gasteiger partial charge in [0.1, 0.15) is 6.04 Å². The Balaban J connectivity index is 3.26. The fraction of sp³-hybridized carbons (Fsp3) is 0.646. The molecule has 0 aliphatic heterocycles. The number of amides is 4. The maximum atomic E-state index is 14.1. The van der Waals surface area contributed by atoms with E-state index in [1.165, 1.54) is 6.92 Å². The number of benzene rings is 1. The van der Waals surface area contributed by atoms with Crippen molar-refractivity contribution in [1.82, 2.24) is 21.3 Å². The lowest BCUT2D eigenvalue weighted by molar-refractivity contribution is -0.141. The average molecular weight is 986 g/mol. The van der Waals surface area contributed by atoms with Gasteiger partial charge in [0.25, 0.3) is 0 Å². The SMILES string of the molecule is CC[C@H](C)[C@H](CC(=O)[C@H](Cc1ccccc1)NC(=O)[C@@H](CC(=O)[C@H](CC(=O)O)NC(=O)[C@H](C)CC(=O)[C@H](CO)NC(=O)[C@H](CCCN=C(N)N)CC(=O)[C@H](CCCN=C(N)N)NC)[C@@H](C)CC)C(N)=O. The summed E-state index contributed by atoms with van der Waals surface area (Å²) in [5.41, 5.74) is 28.0. The van der Waals surface area contributed by atoms with Crippen LogP contribution in [0.2, 0.25) is 0 Å². The maximum absolute atomic E-state index is 14.1. The van der Waals surface area contributed by atoms with Crippen LogP contribution < -0.4 is 49.9 Å². The van der Waals surface area contributed by atoms with Crippen LogP contribution in [-0.4, -0.2) is 126 Å². The smallest absolute Gasteiger partial charge is 0.305 e. The van der Waals surface area contributed by atoms with E-state index in [1.807, 2.05) is 13.8 Å². The Labute approximate surface area is 410 Å². The van der Waals surface area contributed by atoms with E-state index in [4.69, 9.17) is 28.7 Å². The number of aliphatic imine (C=N–C) groups is 2. The second kappa shape index (κ2) is 32.5. The van der Waals surface area contributed by atoms with Crippen molar-refractivity contribution in [3.05, 3.63) is 35.9 Å². The first-order valence-corrected chi connectivity index (χ1v) is 23.9. The maximum Gasteiger partial charge on any atom is 0.305 e. The number of carbonyl (C=O) groups is 9. The number of primary amides is 1. The lowest BCUT2D eigenvalue weighted by Crippen LogP contribution is -2.50. The molecule has 0 radical (unpaired) electrons. The van der Waals surface area contributed by atoms with Gasteiger partial charge in [-0.2, -0.15) is 0 Å². The van der Waals surface area contributed by atoms with E-state index in [2.05, 4.69) is 31.3 Å². The van der Waals surface area contributed by atoms with Gasteiger partial charge in [0, 0.05) is 62.4 Å². The Morgan fingerprint density at radius 1 is 0.586 bits per heavy atom. The van der Waals surface area contributed by atoms with Crippen molar-refractivity contribution < 1.29 is 53.4 Å². The number of carbonyl (C=O) groups excluding carboxylic acids is 8. The van der Waals surface area contributed by atoms with E-state index in [1.54, 1.807) is 51.2 Å². The quantitative estimate of drug-likeness (QED) is 0.0232. The second-order valence-electron chi connectivity index (χ2n) is 18.1. The Kier molecular flexibility index (Phi) is 28.7. The molecule has 0 unspecified atom stereocenters. The van der Waals surface area contributed by atoms with Gasteiger partial charge in [-0.1, -0.05) is 77.8 Å². The number of rotatable bonds is 37. The predicted molar refractivity (Wildman–Crippen MR) is 264 cm³/mol. The van der Waals surface area contributed by atoms with Crippen LogP contribution in [0.1, 0.15) is 111 Å². The number of nitrogens with zero attached hydrogens (tertiary/aromatic N) is 2. The second-order valence-corrected chi connectivity index (χ2v) is 18.1. The molecule has 0 bridgehead atoms. The van der Waals surface area contributed by atoms with E-state index < -0.39 is 127 Å². The molecule has 392 valence electrons. The third-order valence-corrected chi connectivity index (χ3v) is 12.6. The number of hydrogen-bond donors (Lipinski definition) is 11. The zero-order valence-electron chi connectivity index (χ0n) is 41.6. The molecule has 70 heavy (non-hydrogen) atoms. The van der Waals surface area contributed by atoms with Crippen LogP contribution in [0.4, 0.5) is 0 Å². The minimum Gasteiger partial charge on any atom is -0.481 e. The topological polar surface area (TPSA) is 397 Å². The first-order valence-electron chi connectivity index (χ1n) is 23.9. The molecule has 0 aromatic heterocycles. The summed E-state index contributed by atoms with van der Waals surface area (Å²) >= 11 is 0. The number of likely N-dealkylation sites (N-methyl/N-ethyl adjacent to an activating group) is 1. The molecular formula is C48H79N11O11. The average Bonchev–Trinajstić information content (AvgIpc) is 3.30. The van der Waals surface area contributed by atoms with Crippen molar-refractivity contribution in [2.45, 2.75) is 136 Å². The number of nitrogens with two attached hydrogens (primary N) is 5. The molecule has 10 atom stereocenters.